The molecule has 0 aromatic heterocycles. The van der Waals surface area contributed by atoms with Gasteiger partial charge in [-0.15, -0.1) is 0 Å². The number of sulfone groups is 1. The highest BCUT2D eigenvalue weighted by molar-refractivity contribution is 7.91. The third-order valence-corrected chi connectivity index (χ3v) is 4.61. The standard InChI is InChI=1S/C12H16N2O5S/c13-9(12(14)15)7-20(16,17)8-2-3-10-11(6-8)19-5-1-4-18-10/h2-3,6,9H,1,4-5,7,13H2,(H2,14,15). The van der Waals surface area contributed by atoms with Crippen molar-refractivity contribution < 1.29 is 22.7 Å². The predicted molar refractivity (Wildman–Crippen MR) is 71.3 cm³/mol. The molecule has 0 radical (unpaired) electrons. The van der Waals surface area contributed by atoms with Crippen LogP contribution in [0.5, 0.6) is 11.5 Å². The van der Waals surface area contributed by atoms with Crippen molar-refractivity contribution in [3.63, 3.8) is 0 Å². The number of nitrogens with two attached hydrogens (primary N) is 2. The van der Waals surface area contributed by atoms with Gasteiger partial charge >= 0.3 is 0 Å². The molecule has 1 atom stereocenters. The van der Waals surface area contributed by atoms with Crippen LogP contribution in [0.2, 0.25) is 0 Å². The first kappa shape index (κ1) is 14.6. The highest BCUT2D eigenvalue weighted by atomic mass is 32.2. The fraction of sp³-hybridized carbons (Fsp3) is 0.417. The molecule has 1 unspecified atom stereocenters. The fourth-order valence-corrected chi connectivity index (χ4v) is 3.14. The summed E-state index contributed by atoms with van der Waals surface area (Å²) in [7, 11) is -3.71. The van der Waals surface area contributed by atoms with E-state index >= 15 is 0 Å². The average Bonchev–Trinajstić information content (AvgIpc) is 2.62. The van der Waals surface area contributed by atoms with Gasteiger partial charge in [0.2, 0.25) is 5.91 Å². The Bertz CT molecular complexity index is 614. The summed E-state index contributed by atoms with van der Waals surface area (Å²) in [5.74, 6) is -0.526. The second-order valence-corrected chi connectivity index (χ2v) is 6.48. The lowest BCUT2D eigenvalue weighted by Crippen LogP contribution is -2.41. The molecule has 0 aliphatic carbocycles. The first-order valence-electron chi connectivity index (χ1n) is 6.07. The van der Waals surface area contributed by atoms with Crippen molar-refractivity contribution >= 4 is 15.7 Å². The molecule has 7 nitrogen and oxygen atoms in total. The Labute approximate surface area is 116 Å². The van der Waals surface area contributed by atoms with Gasteiger partial charge in [-0.1, -0.05) is 0 Å². The number of rotatable bonds is 4. The highest BCUT2D eigenvalue weighted by Gasteiger charge is 2.24. The Hall–Kier alpha value is -1.80. The van der Waals surface area contributed by atoms with Crippen molar-refractivity contribution in [2.45, 2.75) is 17.4 Å². The van der Waals surface area contributed by atoms with Crippen LogP contribution >= 0.6 is 0 Å². The molecule has 8 heteroatoms. The van der Waals surface area contributed by atoms with Crippen molar-refractivity contribution in [3.8, 4) is 11.5 Å². The molecule has 1 aliphatic rings. The van der Waals surface area contributed by atoms with E-state index in [1.165, 1.54) is 18.2 Å². The molecular formula is C12H16N2O5S. The molecule has 1 aliphatic heterocycles. The van der Waals surface area contributed by atoms with Crippen molar-refractivity contribution in [2.24, 2.45) is 11.5 Å². The molecule has 2 rings (SSSR count). The zero-order valence-electron chi connectivity index (χ0n) is 10.7. The van der Waals surface area contributed by atoms with E-state index in [9.17, 15) is 13.2 Å². The van der Waals surface area contributed by atoms with E-state index in [0.29, 0.717) is 24.7 Å². The van der Waals surface area contributed by atoms with Gasteiger partial charge in [-0.3, -0.25) is 4.79 Å². The molecule has 0 saturated carbocycles. The van der Waals surface area contributed by atoms with Crippen LogP contribution < -0.4 is 20.9 Å². The minimum Gasteiger partial charge on any atom is -0.490 e. The Kier molecular flexibility index (Phi) is 4.15. The van der Waals surface area contributed by atoms with Gasteiger partial charge in [-0.2, -0.15) is 0 Å². The molecule has 0 spiro atoms. The maximum Gasteiger partial charge on any atom is 0.235 e. The molecule has 110 valence electrons. The van der Waals surface area contributed by atoms with E-state index in [-0.39, 0.29) is 4.90 Å². The van der Waals surface area contributed by atoms with Crippen LogP contribution in [0.25, 0.3) is 0 Å². The number of amides is 1. The number of fused-ring (bicyclic) bond motifs is 1. The van der Waals surface area contributed by atoms with E-state index in [1.807, 2.05) is 0 Å². The zero-order valence-corrected chi connectivity index (χ0v) is 11.6. The van der Waals surface area contributed by atoms with Gasteiger partial charge in [0.05, 0.1) is 29.9 Å². The van der Waals surface area contributed by atoms with Gasteiger partial charge in [0.15, 0.2) is 21.3 Å². The number of primary amides is 1. The zero-order chi connectivity index (χ0) is 14.8. The molecule has 1 aromatic carbocycles. The molecule has 1 heterocycles. The molecule has 1 amide bonds. The Morgan fingerprint density at radius 3 is 2.55 bits per heavy atom. The van der Waals surface area contributed by atoms with Crippen molar-refractivity contribution in [2.75, 3.05) is 19.0 Å². The van der Waals surface area contributed by atoms with E-state index < -0.39 is 27.5 Å². The van der Waals surface area contributed by atoms with E-state index in [1.54, 1.807) is 0 Å². The summed E-state index contributed by atoms with van der Waals surface area (Å²) in [6.07, 6.45) is 0.726. The fourth-order valence-electron chi connectivity index (χ4n) is 1.75. The highest BCUT2D eigenvalue weighted by Crippen LogP contribution is 2.32. The molecule has 20 heavy (non-hydrogen) atoms. The molecule has 0 saturated heterocycles. The lowest BCUT2D eigenvalue weighted by atomic mass is 10.3. The largest absolute Gasteiger partial charge is 0.490 e. The first-order chi connectivity index (χ1) is 9.40. The lowest BCUT2D eigenvalue weighted by molar-refractivity contribution is -0.118. The van der Waals surface area contributed by atoms with Crippen LogP contribution in [0.15, 0.2) is 23.1 Å². The van der Waals surface area contributed by atoms with Gasteiger partial charge in [-0.25, -0.2) is 8.42 Å². The minimum absolute atomic E-state index is 0.0263. The third kappa shape index (κ3) is 3.20. The third-order valence-electron chi connectivity index (χ3n) is 2.84. The quantitative estimate of drug-likeness (QED) is 0.768. The average molecular weight is 300 g/mol. The summed E-state index contributed by atoms with van der Waals surface area (Å²) < 4.78 is 35.1. The van der Waals surface area contributed by atoms with E-state index in [2.05, 4.69) is 0 Å². The second-order valence-electron chi connectivity index (χ2n) is 4.45. The number of hydrogen-bond acceptors (Lipinski definition) is 6. The number of carbonyl (C=O) groups is 1. The summed E-state index contributed by atoms with van der Waals surface area (Å²) in [6.45, 7) is 0.975. The number of hydrogen-bond donors (Lipinski definition) is 2. The lowest BCUT2D eigenvalue weighted by Gasteiger charge is -2.11. The minimum atomic E-state index is -3.71. The van der Waals surface area contributed by atoms with E-state index in [0.717, 1.165) is 6.42 Å². The topological polar surface area (TPSA) is 122 Å². The van der Waals surface area contributed by atoms with Gasteiger partial charge in [-0.05, 0) is 12.1 Å². The van der Waals surface area contributed by atoms with Crippen molar-refractivity contribution in [1.29, 1.82) is 0 Å². The second kappa shape index (κ2) is 5.68. The smallest absolute Gasteiger partial charge is 0.235 e. The van der Waals surface area contributed by atoms with Gasteiger partial charge in [0, 0.05) is 12.5 Å². The van der Waals surface area contributed by atoms with E-state index in [4.69, 9.17) is 20.9 Å². The monoisotopic (exact) mass is 300 g/mol. The molecule has 0 fully saturated rings. The van der Waals surface area contributed by atoms with Crippen LogP contribution in [-0.4, -0.2) is 39.3 Å². The molecule has 4 N–H and O–H groups in total. The van der Waals surface area contributed by atoms with Gasteiger partial charge in [0.25, 0.3) is 0 Å². The summed E-state index contributed by atoms with van der Waals surface area (Å²) in [6, 6.07) is 3.07. The van der Waals surface area contributed by atoms with Gasteiger partial charge < -0.3 is 20.9 Å². The summed E-state index contributed by atoms with van der Waals surface area (Å²) >= 11 is 0. The maximum absolute atomic E-state index is 12.1. The number of carbonyl (C=O) groups excluding carboxylic acids is 1. The Morgan fingerprint density at radius 1 is 1.25 bits per heavy atom. The Morgan fingerprint density at radius 2 is 1.90 bits per heavy atom. The van der Waals surface area contributed by atoms with Crippen LogP contribution in [0.4, 0.5) is 0 Å². The van der Waals surface area contributed by atoms with Crippen LogP contribution in [0.3, 0.4) is 0 Å². The van der Waals surface area contributed by atoms with Crippen molar-refractivity contribution in [3.05, 3.63) is 18.2 Å². The van der Waals surface area contributed by atoms with Crippen LogP contribution in [-0.2, 0) is 14.6 Å². The van der Waals surface area contributed by atoms with Crippen LogP contribution in [0.1, 0.15) is 6.42 Å². The normalized spacial score (nSPS) is 16.2. The van der Waals surface area contributed by atoms with Crippen molar-refractivity contribution in [1.82, 2.24) is 0 Å². The Balaban J connectivity index is 2.28. The summed E-state index contributed by atoms with van der Waals surface area (Å²) in [4.78, 5) is 10.9. The van der Waals surface area contributed by atoms with Crippen LogP contribution in [0, 0.1) is 0 Å². The predicted octanol–water partition coefficient (Wildman–Crippen LogP) is -0.566. The summed E-state index contributed by atoms with van der Waals surface area (Å²) in [5.41, 5.74) is 10.4. The molecular weight excluding hydrogens is 284 g/mol. The number of ether oxygens (including phenoxy) is 2. The molecule has 1 aromatic rings. The molecule has 0 bridgehead atoms. The SMILES string of the molecule is NC(=O)C(N)CS(=O)(=O)c1ccc2c(c1)OCCCO2. The number of benzene rings is 1. The summed E-state index contributed by atoms with van der Waals surface area (Å²) in [5, 5.41) is 0. The maximum atomic E-state index is 12.1. The first-order valence-corrected chi connectivity index (χ1v) is 7.73. The van der Waals surface area contributed by atoms with Gasteiger partial charge in [0.1, 0.15) is 0 Å².